The lowest BCUT2D eigenvalue weighted by Crippen LogP contribution is -2.26. The fraction of sp³-hybridized carbons (Fsp3) is 0.120. The maximum atomic E-state index is 14.3. The Bertz CT molecular complexity index is 1280. The summed E-state index contributed by atoms with van der Waals surface area (Å²) < 4.78 is 15.7. The number of hydrogen-bond donors (Lipinski definition) is 2. The van der Waals surface area contributed by atoms with Gasteiger partial charge in [0.05, 0.1) is 17.5 Å². The third-order valence-corrected chi connectivity index (χ3v) is 5.23. The molecule has 0 saturated carbocycles. The van der Waals surface area contributed by atoms with Crippen molar-refractivity contribution in [1.29, 1.82) is 0 Å². The number of carbonyl (C=O) groups is 1. The third-order valence-electron chi connectivity index (χ3n) is 5.23. The topological polar surface area (TPSA) is 78.6 Å². The minimum atomic E-state index is -0.482. The fourth-order valence-corrected chi connectivity index (χ4v) is 3.52. The molecular weight excluding hydrogens is 409 g/mol. The van der Waals surface area contributed by atoms with E-state index < -0.39 is 11.7 Å². The standard InChI is InChI=1S/C25H22FN3O3/c1-16-7-9-17(10-8-16)15-28(2)25(32)19-13-18(23(30)14-24(19)31)21-11-12-27-29(21)22-6-4-3-5-20(22)26/h3-14,30-31H,15H2,1-2H3. The van der Waals surface area contributed by atoms with Crippen molar-refractivity contribution in [2.75, 3.05) is 7.05 Å². The number of phenols is 2. The molecule has 3 aromatic carbocycles. The van der Waals surface area contributed by atoms with E-state index in [1.54, 1.807) is 31.3 Å². The molecule has 0 aliphatic heterocycles. The summed E-state index contributed by atoms with van der Waals surface area (Å²) in [5, 5.41) is 25.0. The zero-order valence-electron chi connectivity index (χ0n) is 17.7. The number of aromatic hydroxyl groups is 2. The first-order valence-corrected chi connectivity index (χ1v) is 10.0. The van der Waals surface area contributed by atoms with Crippen LogP contribution in [0, 0.1) is 12.7 Å². The Balaban J connectivity index is 1.70. The van der Waals surface area contributed by atoms with Crippen LogP contribution in [0.2, 0.25) is 0 Å². The molecule has 0 radical (unpaired) electrons. The highest BCUT2D eigenvalue weighted by atomic mass is 19.1. The highest BCUT2D eigenvalue weighted by molar-refractivity contribution is 5.98. The largest absolute Gasteiger partial charge is 0.507 e. The molecule has 0 atom stereocenters. The monoisotopic (exact) mass is 431 g/mol. The molecule has 0 unspecified atom stereocenters. The van der Waals surface area contributed by atoms with Gasteiger partial charge in [-0.25, -0.2) is 9.07 Å². The van der Waals surface area contributed by atoms with E-state index in [1.807, 2.05) is 31.2 Å². The summed E-state index contributed by atoms with van der Waals surface area (Å²) >= 11 is 0. The number of carbonyl (C=O) groups excluding carboxylic acids is 1. The summed E-state index contributed by atoms with van der Waals surface area (Å²) in [7, 11) is 1.64. The van der Waals surface area contributed by atoms with Crippen LogP contribution in [-0.4, -0.2) is 37.8 Å². The van der Waals surface area contributed by atoms with E-state index in [9.17, 15) is 19.4 Å². The Hall–Kier alpha value is -4.13. The van der Waals surface area contributed by atoms with Crippen LogP contribution in [0.1, 0.15) is 21.5 Å². The molecule has 0 spiro atoms. The number of amides is 1. The van der Waals surface area contributed by atoms with E-state index in [1.165, 1.54) is 27.9 Å². The van der Waals surface area contributed by atoms with Crippen molar-refractivity contribution in [3.63, 3.8) is 0 Å². The highest BCUT2D eigenvalue weighted by Gasteiger charge is 2.22. The maximum Gasteiger partial charge on any atom is 0.257 e. The van der Waals surface area contributed by atoms with Crippen molar-refractivity contribution in [1.82, 2.24) is 14.7 Å². The van der Waals surface area contributed by atoms with Gasteiger partial charge in [-0.05, 0) is 36.8 Å². The van der Waals surface area contributed by atoms with Gasteiger partial charge in [-0.2, -0.15) is 5.10 Å². The average Bonchev–Trinajstić information content (AvgIpc) is 3.24. The molecule has 2 N–H and O–H groups in total. The molecule has 0 fully saturated rings. The molecular formula is C25H22FN3O3. The summed E-state index contributed by atoms with van der Waals surface area (Å²) in [4.78, 5) is 14.6. The molecule has 0 aliphatic rings. The van der Waals surface area contributed by atoms with Gasteiger partial charge in [0.15, 0.2) is 0 Å². The summed E-state index contributed by atoms with van der Waals surface area (Å²) in [6.45, 7) is 2.34. The van der Waals surface area contributed by atoms with Crippen LogP contribution < -0.4 is 0 Å². The number of nitrogens with zero attached hydrogens (tertiary/aromatic N) is 3. The fourth-order valence-electron chi connectivity index (χ4n) is 3.52. The lowest BCUT2D eigenvalue weighted by Gasteiger charge is -2.19. The van der Waals surface area contributed by atoms with E-state index >= 15 is 0 Å². The first-order chi connectivity index (χ1) is 15.3. The molecule has 7 heteroatoms. The maximum absolute atomic E-state index is 14.3. The SMILES string of the molecule is Cc1ccc(CN(C)C(=O)c2cc(-c3ccnn3-c3ccccc3F)c(O)cc2O)cc1. The second-order valence-electron chi connectivity index (χ2n) is 7.61. The number of benzene rings is 3. The van der Waals surface area contributed by atoms with Crippen LogP contribution in [0.3, 0.4) is 0 Å². The van der Waals surface area contributed by atoms with Crippen LogP contribution in [0.5, 0.6) is 11.5 Å². The van der Waals surface area contributed by atoms with Gasteiger partial charge in [0.1, 0.15) is 23.0 Å². The van der Waals surface area contributed by atoms with Crippen LogP contribution in [0.4, 0.5) is 4.39 Å². The lowest BCUT2D eigenvalue weighted by atomic mass is 10.0. The van der Waals surface area contributed by atoms with Crippen LogP contribution >= 0.6 is 0 Å². The van der Waals surface area contributed by atoms with Gasteiger partial charge >= 0.3 is 0 Å². The van der Waals surface area contributed by atoms with Crippen molar-refractivity contribution in [3.8, 4) is 28.4 Å². The van der Waals surface area contributed by atoms with Crippen molar-refractivity contribution in [3.05, 3.63) is 95.4 Å². The highest BCUT2D eigenvalue weighted by Crippen LogP contribution is 2.36. The second-order valence-corrected chi connectivity index (χ2v) is 7.61. The summed E-state index contributed by atoms with van der Waals surface area (Å²) in [5.74, 6) is -1.49. The van der Waals surface area contributed by atoms with Gasteiger partial charge in [-0.15, -0.1) is 0 Å². The molecule has 1 aromatic heterocycles. The van der Waals surface area contributed by atoms with E-state index in [4.69, 9.17) is 0 Å². The normalized spacial score (nSPS) is 10.8. The quantitative estimate of drug-likeness (QED) is 0.481. The van der Waals surface area contributed by atoms with Gasteiger partial charge < -0.3 is 15.1 Å². The van der Waals surface area contributed by atoms with Crippen LogP contribution in [0.25, 0.3) is 16.9 Å². The van der Waals surface area contributed by atoms with Gasteiger partial charge in [0, 0.05) is 25.2 Å². The molecule has 1 heterocycles. The number of hydrogen-bond acceptors (Lipinski definition) is 4. The summed E-state index contributed by atoms with van der Waals surface area (Å²) in [5.41, 5.74) is 2.91. The van der Waals surface area contributed by atoms with Gasteiger partial charge in [0.2, 0.25) is 0 Å². The van der Waals surface area contributed by atoms with E-state index in [2.05, 4.69) is 5.10 Å². The predicted octanol–water partition coefficient (Wildman–Crippen LogP) is 4.67. The Kier molecular flexibility index (Phi) is 5.64. The Labute approximate surface area is 184 Å². The van der Waals surface area contributed by atoms with Crippen LogP contribution in [0.15, 0.2) is 72.9 Å². The summed E-state index contributed by atoms with van der Waals surface area (Å²) in [6, 6.07) is 18.0. The number of rotatable bonds is 5. The van der Waals surface area contributed by atoms with Crippen molar-refractivity contribution < 1.29 is 19.4 Å². The predicted molar refractivity (Wildman–Crippen MR) is 119 cm³/mol. The minimum absolute atomic E-state index is 0.0219. The van der Waals surface area contributed by atoms with Gasteiger partial charge in [-0.1, -0.05) is 42.0 Å². The number of halogens is 1. The molecule has 4 rings (SSSR count). The zero-order valence-corrected chi connectivity index (χ0v) is 17.7. The van der Waals surface area contributed by atoms with Gasteiger partial charge in [-0.3, -0.25) is 4.79 Å². The second kappa shape index (κ2) is 8.55. The molecule has 0 aliphatic carbocycles. The third kappa shape index (κ3) is 4.05. The lowest BCUT2D eigenvalue weighted by molar-refractivity contribution is 0.0782. The first-order valence-electron chi connectivity index (χ1n) is 10.0. The first kappa shape index (κ1) is 21.1. The molecule has 32 heavy (non-hydrogen) atoms. The molecule has 6 nitrogen and oxygen atoms in total. The number of aromatic nitrogens is 2. The zero-order chi connectivity index (χ0) is 22.8. The Morgan fingerprint density at radius 2 is 1.75 bits per heavy atom. The van der Waals surface area contributed by atoms with Crippen molar-refractivity contribution in [2.24, 2.45) is 0 Å². The number of phenolic OH excluding ortho intramolecular Hbond substituents is 2. The van der Waals surface area contributed by atoms with E-state index in [0.29, 0.717) is 12.2 Å². The van der Waals surface area contributed by atoms with E-state index in [0.717, 1.165) is 17.2 Å². The Morgan fingerprint density at radius 1 is 1.03 bits per heavy atom. The minimum Gasteiger partial charge on any atom is -0.507 e. The number of aryl methyl sites for hydroxylation is 1. The van der Waals surface area contributed by atoms with Crippen LogP contribution in [-0.2, 0) is 6.54 Å². The van der Waals surface area contributed by atoms with Gasteiger partial charge in [0.25, 0.3) is 5.91 Å². The summed E-state index contributed by atoms with van der Waals surface area (Å²) in [6.07, 6.45) is 1.47. The van der Waals surface area contributed by atoms with E-state index in [-0.39, 0.29) is 28.3 Å². The number of para-hydroxylation sites is 1. The molecule has 0 saturated heterocycles. The molecule has 162 valence electrons. The Morgan fingerprint density at radius 3 is 2.47 bits per heavy atom. The average molecular weight is 431 g/mol. The van der Waals surface area contributed by atoms with Crippen molar-refractivity contribution in [2.45, 2.75) is 13.5 Å². The smallest absolute Gasteiger partial charge is 0.257 e. The molecule has 0 bridgehead atoms. The molecule has 4 aromatic rings. The van der Waals surface area contributed by atoms with Crippen molar-refractivity contribution >= 4 is 5.91 Å². The molecule has 1 amide bonds.